The molecule has 0 aliphatic heterocycles. The highest BCUT2D eigenvalue weighted by Crippen LogP contribution is 2.39. The Morgan fingerprint density at radius 1 is 1.43 bits per heavy atom. The van der Waals surface area contributed by atoms with E-state index in [0.29, 0.717) is 16.7 Å². The fraction of sp³-hybridized carbons (Fsp3) is 1.00. The lowest BCUT2D eigenvalue weighted by molar-refractivity contribution is 0.208. The Balaban J connectivity index is 2.36. The van der Waals surface area contributed by atoms with Crippen molar-refractivity contribution in [2.24, 2.45) is 11.1 Å². The van der Waals surface area contributed by atoms with Crippen molar-refractivity contribution in [1.29, 1.82) is 0 Å². The van der Waals surface area contributed by atoms with E-state index >= 15 is 0 Å². The first-order chi connectivity index (χ1) is 6.58. The molecule has 84 valence electrons. The van der Waals surface area contributed by atoms with E-state index in [1.54, 1.807) is 0 Å². The number of hydrogen-bond donors (Lipinski definition) is 1. The van der Waals surface area contributed by atoms with Gasteiger partial charge in [-0.3, -0.25) is 0 Å². The van der Waals surface area contributed by atoms with Crippen LogP contribution in [0.5, 0.6) is 0 Å². The van der Waals surface area contributed by atoms with Gasteiger partial charge in [0.25, 0.3) is 0 Å². The van der Waals surface area contributed by atoms with Crippen molar-refractivity contribution >= 4 is 11.8 Å². The van der Waals surface area contributed by atoms with Gasteiger partial charge in [-0.1, -0.05) is 33.6 Å². The summed E-state index contributed by atoms with van der Waals surface area (Å²) in [5.41, 5.74) is 6.68. The molecule has 0 radical (unpaired) electrons. The average Bonchev–Trinajstić information content (AvgIpc) is 2.13. The molecule has 0 aromatic carbocycles. The van der Waals surface area contributed by atoms with Gasteiger partial charge in [-0.2, -0.15) is 11.8 Å². The minimum Gasteiger partial charge on any atom is -0.326 e. The monoisotopic (exact) mass is 215 g/mol. The summed E-state index contributed by atoms with van der Waals surface area (Å²) in [6, 6.07) is 0.401. The molecule has 1 rings (SSSR count). The van der Waals surface area contributed by atoms with Crippen LogP contribution in [0.25, 0.3) is 0 Å². The van der Waals surface area contributed by atoms with Crippen molar-refractivity contribution in [3.05, 3.63) is 0 Å². The number of thioether (sulfide) groups is 1. The van der Waals surface area contributed by atoms with Crippen LogP contribution in [0.15, 0.2) is 0 Å². The van der Waals surface area contributed by atoms with Gasteiger partial charge in [0.15, 0.2) is 0 Å². The molecular formula is C12H25NS. The maximum absolute atomic E-state index is 6.32. The van der Waals surface area contributed by atoms with Crippen LogP contribution in [0.4, 0.5) is 0 Å². The average molecular weight is 215 g/mol. The Hall–Kier alpha value is 0.310. The first-order valence-electron chi connectivity index (χ1n) is 5.95. The van der Waals surface area contributed by atoms with E-state index in [0.717, 1.165) is 0 Å². The molecule has 2 atom stereocenters. The van der Waals surface area contributed by atoms with Crippen molar-refractivity contribution in [2.45, 2.75) is 64.2 Å². The lowest BCUT2D eigenvalue weighted by Gasteiger charge is -2.41. The highest BCUT2D eigenvalue weighted by molar-refractivity contribution is 7.99. The Morgan fingerprint density at radius 2 is 2.14 bits per heavy atom. The van der Waals surface area contributed by atoms with Gasteiger partial charge in [0.2, 0.25) is 0 Å². The molecule has 0 amide bonds. The van der Waals surface area contributed by atoms with E-state index in [9.17, 15) is 0 Å². The van der Waals surface area contributed by atoms with E-state index in [4.69, 9.17) is 5.73 Å². The van der Waals surface area contributed by atoms with Crippen molar-refractivity contribution in [1.82, 2.24) is 0 Å². The zero-order chi connectivity index (χ0) is 10.6. The smallest absolute Gasteiger partial charge is 0.0211 e. The molecule has 0 heterocycles. The molecular weight excluding hydrogens is 190 g/mol. The summed E-state index contributed by atoms with van der Waals surface area (Å²) in [7, 11) is 0. The highest BCUT2D eigenvalue weighted by atomic mass is 32.2. The third kappa shape index (κ3) is 3.16. The third-order valence-electron chi connectivity index (χ3n) is 3.44. The van der Waals surface area contributed by atoms with Crippen molar-refractivity contribution in [3.8, 4) is 0 Å². The molecule has 1 saturated carbocycles. The van der Waals surface area contributed by atoms with Crippen LogP contribution < -0.4 is 5.73 Å². The van der Waals surface area contributed by atoms with E-state index in [1.807, 2.05) is 0 Å². The summed E-state index contributed by atoms with van der Waals surface area (Å²) in [5, 5.41) is 0.713. The minimum atomic E-state index is 0.363. The van der Waals surface area contributed by atoms with Crippen LogP contribution in [0.1, 0.15) is 52.9 Å². The summed E-state index contributed by atoms with van der Waals surface area (Å²) in [6.45, 7) is 6.90. The van der Waals surface area contributed by atoms with E-state index in [1.165, 1.54) is 37.9 Å². The molecule has 0 saturated heterocycles. The van der Waals surface area contributed by atoms with Gasteiger partial charge in [0.1, 0.15) is 0 Å². The van der Waals surface area contributed by atoms with Crippen LogP contribution in [0, 0.1) is 5.41 Å². The SMILES string of the molecule is CCCCSC1CCCC(C)(C)C1N. The largest absolute Gasteiger partial charge is 0.326 e. The van der Waals surface area contributed by atoms with E-state index in [-0.39, 0.29) is 0 Å². The van der Waals surface area contributed by atoms with Gasteiger partial charge in [-0.05, 0) is 30.4 Å². The second kappa shape index (κ2) is 5.41. The summed E-state index contributed by atoms with van der Waals surface area (Å²) >= 11 is 2.11. The Morgan fingerprint density at radius 3 is 2.79 bits per heavy atom. The fourth-order valence-electron chi connectivity index (χ4n) is 2.17. The number of unbranched alkanes of at least 4 members (excludes halogenated alkanes) is 1. The summed E-state index contributed by atoms with van der Waals surface area (Å²) in [6.07, 6.45) is 6.65. The predicted octanol–water partition coefficient (Wildman–Crippen LogP) is 3.43. The molecule has 2 heteroatoms. The van der Waals surface area contributed by atoms with E-state index in [2.05, 4.69) is 32.5 Å². The predicted molar refractivity (Wildman–Crippen MR) is 66.8 cm³/mol. The minimum absolute atomic E-state index is 0.363. The van der Waals surface area contributed by atoms with Crippen LogP contribution in [0.2, 0.25) is 0 Å². The zero-order valence-electron chi connectivity index (χ0n) is 9.88. The molecule has 0 aromatic heterocycles. The van der Waals surface area contributed by atoms with Crippen LogP contribution in [-0.2, 0) is 0 Å². The highest BCUT2D eigenvalue weighted by Gasteiger charge is 2.36. The topological polar surface area (TPSA) is 26.0 Å². The van der Waals surface area contributed by atoms with Gasteiger partial charge < -0.3 is 5.73 Å². The van der Waals surface area contributed by atoms with Gasteiger partial charge >= 0.3 is 0 Å². The van der Waals surface area contributed by atoms with Crippen molar-refractivity contribution < 1.29 is 0 Å². The number of hydrogen-bond acceptors (Lipinski definition) is 2. The quantitative estimate of drug-likeness (QED) is 0.727. The van der Waals surface area contributed by atoms with Crippen LogP contribution in [0.3, 0.4) is 0 Å². The molecule has 2 N–H and O–H groups in total. The van der Waals surface area contributed by atoms with Crippen LogP contribution >= 0.6 is 11.8 Å². The Labute approximate surface area is 93.2 Å². The lowest BCUT2D eigenvalue weighted by Crippen LogP contribution is -2.48. The molecule has 14 heavy (non-hydrogen) atoms. The summed E-state index contributed by atoms with van der Waals surface area (Å²) in [4.78, 5) is 0. The van der Waals surface area contributed by atoms with Gasteiger partial charge in [0.05, 0.1) is 0 Å². The van der Waals surface area contributed by atoms with Gasteiger partial charge in [-0.15, -0.1) is 0 Å². The molecule has 1 aliphatic rings. The molecule has 2 unspecified atom stereocenters. The number of nitrogens with two attached hydrogens (primary N) is 1. The first kappa shape index (κ1) is 12.4. The molecule has 1 aliphatic carbocycles. The molecule has 0 aromatic rings. The second-order valence-corrected chi connectivity index (χ2v) is 6.52. The van der Waals surface area contributed by atoms with Crippen LogP contribution in [-0.4, -0.2) is 17.0 Å². The Kier molecular flexibility index (Phi) is 4.78. The molecule has 0 bridgehead atoms. The number of rotatable bonds is 4. The fourth-order valence-corrected chi connectivity index (χ4v) is 3.84. The zero-order valence-corrected chi connectivity index (χ0v) is 10.7. The van der Waals surface area contributed by atoms with E-state index < -0.39 is 0 Å². The first-order valence-corrected chi connectivity index (χ1v) is 7.00. The van der Waals surface area contributed by atoms with Crippen molar-refractivity contribution in [2.75, 3.05) is 5.75 Å². The third-order valence-corrected chi connectivity index (χ3v) is 4.92. The van der Waals surface area contributed by atoms with Gasteiger partial charge in [0, 0.05) is 11.3 Å². The molecule has 1 nitrogen and oxygen atoms in total. The summed E-state index contributed by atoms with van der Waals surface area (Å²) in [5.74, 6) is 1.30. The normalized spacial score (nSPS) is 31.7. The second-order valence-electron chi connectivity index (χ2n) is 5.17. The van der Waals surface area contributed by atoms with Crippen molar-refractivity contribution in [3.63, 3.8) is 0 Å². The van der Waals surface area contributed by atoms with Gasteiger partial charge in [-0.25, -0.2) is 0 Å². The summed E-state index contributed by atoms with van der Waals surface area (Å²) < 4.78 is 0. The molecule has 0 spiro atoms. The molecule has 1 fully saturated rings. The maximum Gasteiger partial charge on any atom is 0.0211 e. The lowest BCUT2D eigenvalue weighted by atomic mass is 9.73. The standard InChI is InChI=1S/C12H25NS/c1-4-5-9-14-10-7-6-8-12(2,3)11(10)13/h10-11H,4-9,13H2,1-3H3. The Bertz CT molecular complexity index is 168. The maximum atomic E-state index is 6.32.